The molecular formula is C9H11N3. The van der Waals surface area contributed by atoms with Gasteiger partial charge in [-0.05, 0) is 18.6 Å². The average Bonchev–Trinajstić information content (AvgIpc) is 2.05. The van der Waals surface area contributed by atoms with E-state index in [4.69, 9.17) is 5.53 Å². The molecule has 0 atom stereocenters. The summed E-state index contributed by atoms with van der Waals surface area (Å²) in [5.74, 6) is 0. The molecule has 62 valence electrons. The lowest BCUT2D eigenvalue weighted by Crippen LogP contribution is -2.15. The molecule has 0 fully saturated rings. The van der Waals surface area contributed by atoms with Gasteiger partial charge in [0.05, 0.1) is 7.05 Å². The summed E-state index contributed by atoms with van der Waals surface area (Å²) in [4.78, 5) is 4.71. The Morgan fingerprint density at radius 2 is 2.08 bits per heavy atom. The summed E-state index contributed by atoms with van der Waals surface area (Å²) >= 11 is 0. The van der Waals surface area contributed by atoms with E-state index in [1.165, 1.54) is 6.34 Å². The van der Waals surface area contributed by atoms with E-state index in [0.29, 0.717) is 0 Å². The summed E-state index contributed by atoms with van der Waals surface area (Å²) in [5.41, 5.74) is 10.5. The van der Waals surface area contributed by atoms with Gasteiger partial charge >= 0.3 is 6.34 Å². The van der Waals surface area contributed by atoms with Crippen LogP contribution >= 0.6 is 0 Å². The summed E-state index contributed by atoms with van der Waals surface area (Å²) in [5, 5.41) is 0. The van der Waals surface area contributed by atoms with Gasteiger partial charge in [0, 0.05) is 0 Å². The molecule has 0 amide bonds. The Labute approximate surface area is 71.9 Å². The lowest BCUT2D eigenvalue weighted by atomic mass is 10.2. The molecule has 0 heterocycles. The van der Waals surface area contributed by atoms with Gasteiger partial charge in [-0.3, -0.25) is 0 Å². The second kappa shape index (κ2) is 3.69. The fraction of sp³-hybridized carbons (Fsp3) is 0.222. The molecule has 1 aromatic rings. The standard InChI is InChI=1S/C9H11N3/c1-8-5-3-4-6-9(8)12(2)7-11-10/h3-7H,1-2H3. The van der Waals surface area contributed by atoms with Crippen molar-refractivity contribution in [1.82, 2.24) is 0 Å². The minimum Gasteiger partial charge on any atom is -0.498 e. The second-order valence-electron chi connectivity index (χ2n) is 2.63. The number of hydrogen-bond donors (Lipinski definition) is 0. The number of benzene rings is 1. The van der Waals surface area contributed by atoms with Crippen LogP contribution in [0.4, 0.5) is 5.69 Å². The van der Waals surface area contributed by atoms with Gasteiger partial charge in [-0.1, -0.05) is 18.2 Å². The zero-order chi connectivity index (χ0) is 8.97. The molecule has 0 aliphatic heterocycles. The Morgan fingerprint density at radius 1 is 1.42 bits per heavy atom. The highest BCUT2D eigenvalue weighted by atomic mass is 15.1. The predicted molar refractivity (Wildman–Crippen MR) is 49.3 cm³/mol. The molecule has 0 radical (unpaired) electrons. The topological polar surface area (TPSA) is 39.6 Å². The van der Waals surface area contributed by atoms with E-state index < -0.39 is 0 Å². The molecule has 0 aliphatic carbocycles. The molecule has 0 aromatic heterocycles. The van der Waals surface area contributed by atoms with E-state index in [1.807, 2.05) is 38.2 Å². The van der Waals surface area contributed by atoms with E-state index in [-0.39, 0.29) is 0 Å². The molecule has 3 heteroatoms. The quantitative estimate of drug-likeness (QED) is 0.281. The van der Waals surface area contributed by atoms with Crippen LogP contribution in [0.2, 0.25) is 0 Å². The van der Waals surface area contributed by atoms with Crippen LogP contribution in [0.25, 0.3) is 5.53 Å². The van der Waals surface area contributed by atoms with E-state index in [2.05, 4.69) is 4.79 Å². The van der Waals surface area contributed by atoms with Crippen LogP contribution < -0.4 is 4.90 Å². The normalized spacial score (nSPS) is 8.83. The number of anilines is 1. The number of aryl methyl sites for hydroxylation is 1. The second-order valence-corrected chi connectivity index (χ2v) is 2.63. The predicted octanol–water partition coefficient (Wildman–Crippen LogP) is 1.69. The van der Waals surface area contributed by atoms with Crippen LogP contribution in [0, 0.1) is 6.92 Å². The van der Waals surface area contributed by atoms with Crippen LogP contribution in [-0.2, 0) is 0 Å². The van der Waals surface area contributed by atoms with Gasteiger partial charge in [-0.15, -0.1) is 0 Å². The van der Waals surface area contributed by atoms with Crippen molar-refractivity contribution < 1.29 is 4.79 Å². The third-order valence-corrected chi connectivity index (χ3v) is 1.72. The molecule has 1 aromatic carbocycles. The maximum atomic E-state index is 8.32. The molecule has 0 unspecified atom stereocenters. The Balaban J connectivity index is 3.02. The Morgan fingerprint density at radius 3 is 2.67 bits per heavy atom. The molecule has 0 bridgehead atoms. The smallest absolute Gasteiger partial charge is 0.321 e. The van der Waals surface area contributed by atoms with Crippen LogP contribution in [0.5, 0.6) is 0 Å². The summed E-state index contributed by atoms with van der Waals surface area (Å²) < 4.78 is 0. The third kappa shape index (κ3) is 1.71. The Kier molecular flexibility index (Phi) is 2.62. The van der Waals surface area contributed by atoms with E-state index in [1.54, 1.807) is 4.90 Å². The van der Waals surface area contributed by atoms with Gasteiger partial charge in [-0.2, -0.15) is 0 Å². The monoisotopic (exact) mass is 161 g/mol. The molecular weight excluding hydrogens is 150 g/mol. The van der Waals surface area contributed by atoms with E-state index >= 15 is 0 Å². The first-order chi connectivity index (χ1) is 5.75. The van der Waals surface area contributed by atoms with Gasteiger partial charge < -0.3 is 10.3 Å². The summed E-state index contributed by atoms with van der Waals surface area (Å²) in [6.07, 6.45) is 1.36. The summed E-state index contributed by atoms with van der Waals surface area (Å²) in [7, 11) is 1.84. The fourth-order valence-electron chi connectivity index (χ4n) is 1.10. The summed E-state index contributed by atoms with van der Waals surface area (Å²) in [6, 6.07) is 7.90. The highest BCUT2D eigenvalue weighted by molar-refractivity contribution is 5.76. The van der Waals surface area contributed by atoms with Crippen LogP contribution in [-0.4, -0.2) is 18.2 Å². The first kappa shape index (κ1) is 8.50. The lowest BCUT2D eigenvalue weighted by molar-refractivity contribution is 0.00162. The maximum Gasteiger partial charge on any atom is 0.321 e. The largest absolute Gasteiger partial charge is 0.498 e. The molecule has 1 rings (SSSR count). The highest BCUT2D eigenvalue weighted by Crippen LogP contribution is 2.15. The van der Waals surface area contributed by atoms with Gasteiger partial charge in [0.2, 0.25) is 0 Å². The zero-order valence-corrected chi connectivity index (χ0v) is 7.23. The van der Waals surface area contributed by atoms with Crippen LogP contribution in [0.3, 0.4) is 0 Å². The van der Waals surface area contributed by atoms with Gasteiger partial charge in [0.25, 0.3) is 0 Å². The van der Waals surface area contributed by atoms with Crippen LogP contribution in [0.1, 0.15) is 5.56 Å². The number of nitrogens with zero attached hydrogens (tertiary/aromatic N) is 3. The molecule has 0 aliphatic rings. The number of para-hydroxylation sites is 1. The molecule has 0 N–H and O–H groups in total. The highest BCUT2D eigenvalue weighted by Gasteiger charge is 2.05. The van der Waals surface area contributed by atoms with Crippen LogP contribution in [0.15, 0.2) is 24.3 Å². The lowest BCUT2D eigenvalue weighted by Gasteiger charge is -2.06. The molecule has 0 saturated heterocycles. The first-order valence-corrected chi connectivity index (χ1v) is 3.71. The van der Waals surface area contributed by atoms with E-state index in [9.17, 15) is 0 Å². The molecule has 12 heavy (non-hydrogen) atoms. The van der Waals surface area contributed by atoms with Crippen molar-refractivity contribution in [1.29, 1.82) is 0 Å². The molecule has 0 spiro atoms. The van der Waals surface area contributed by atoms with Crippen molar-refractivity contribution in [3.8, 4) is 0 Å². The van der Waals surface area contributed by atoms with Gasteiger partial charge in [0.15, 0.2) is 0 Å². The van der Waals surface area contributed by atoms with Gasteiger partial charge in [0.1, 0.15) is 5.69 Å². The first-order valence-electron chi connectivity index (χ1n) is 3.71. The third-order valence-electron chi connectivity index (χ3n) is 1.72. The average molecular weight is 161 g/mol. The fourth-order valence-corrected chi connectivity index (χ4v) is 1.10. The number of hydrogen-bond acceptors (Lipinski definition) is 0. The van der Waals surface area contributed by atoms with Crippen molar-refractivity contribution in [3.63, 3.8) is 0 Å². The van der Waals surface area contributed by atoms with Gasteiger partial charge in [-0.25, -0.2) is 4.90 Å². The van der Waals surface area contributed by atoms with Crippen molar-refractivity contribution in [3.05, 3.63) is 35.4 Å². The van der Waals surface area contributed by atoms with Crippen molar-refractivity contribution in [2.24, 2.45) is 0 Å². The Bertz CT molecular complexity index is 313. The molecule has 0 saturated carbocycles. The summed E-state index contributed by atoms with van der Waals surface area (Å²) in [6.45, 7) is 2.01. The Hall–Kier alpha value is -1.60. The SMILES string of the molecule is Cc1ccccc1N(C)C=[N+]=[N-]. The van der Waals surface area contributed by atoms with Crippen molar-refractivity contribution >= 4 is 12.0 Å². The van der Waals surface area contributed by atoms with E-state index in [0.717, 1.165) is 11.3 Å². The molecule has 3 nitrogen and oxygen atoms in total. The minimum absolute atomic E-state index is 1.04. The van der Waals surface area contributed by atoms with Crippen molar-refractivity contribution in [2.75, 3.05) is 11.9 Å². The van der Waals surface area contributed by atoms with Crippen molar-refractivity contribution in [2.45, 2.75) is 6.92 Å². The minimum atomic E-state index is 1.04. The number of rotatable bonds is 2. The maximum absolute atomic E-state index is 8.32. The zero-order valence-electron chi connectivity index (χ0n) is 7.23.